The van der Waals surface area contributed by atoms with Crippen molar-refractivity contribution in [2.75, 3.05) is 0 Å². The van der Waals surface area contributed by atoms with Gasteiger partial charge in [-0.05, 0) is 50.2 Å². The van der Waals surface area contributed by atoms with Gasteiger partial charge >= 0.3 is 0 Å². The van der Waals surface area contributed by atoms with Crippen LogP contribution in [0.25, 0.3) is 11.0 Å². The largest absolute Gasteiger partial charge is 0.481 e. The first kappa shape index (κ1) is 16.5. The van der Waals surface area contributed by atoms with Crippen LogP contribution in [-0.2, 0) is 4.79 Å². The van der Waals surface area contributed by atoms with Crippen molar-refractivity contribution in [3.05, 3.63) is 58.8 Å². The molecule has 3 aromatic rings. The molecule has 24 heavy (non-hydrogen) atoms. The van der Waals surface area contributed by atoms with Crippen molar-refractivity contribution < 1.29 is 9.53 Å². The molecule has 0 saturated carbocycles. The lowest BCUT2D eigenvalue weighted by molar-refractivity contribution is -0.128. The molecule has 5 nitrogen and oxygen atoms in total. The summed E-state index contributed by atoms with van der Waals surface area (Å²) in [6.45, 7) is 3.62. The number of halogens is 1. The van der Waals surface area contributed by atoms with Crippen molar-refractivity contribution in [3.8, 4) is 5.75 Å². The Kier molecular flexibility index (Phi) is 4.85. The number of hydrogen-bond donors (Lipinski definition) is 2. The number of hydrogen-bond acceptors (Lipinski definition) is 3. The van der Waals surface area contributed by atoms with Crippen LogP contribution >= 0.6 is 15.9 Å². The predicted octanol–water partition coefficient (Wildman–Crippen LogP) is 3.97. The first-order valence-corrected chi connectivity index (χ1v) is 8.49. The van der Waals surface area contributed by atoms with Gasteiger partial charge in [-0.15, -0.1) is 0 Å². The first-order chi connectivity index (χ1) is 11.5. The first-order valence-electron chi connectivity index (χ1n) is 7.70. The van der Waals surface area contributed by atoms with Gasteiger partial charge in [-0.2, -0.15) is 0 Å². The fraction of sp³-hybridized carbons (Fsp3) is 0.222. The molecular weight excluding hydrogens is 370 g/mol. The number of rotatable bonds is 5. The van der Waals surface area contributed by atoms with Gasteiger partial charge in [0, 0.05) is 4.47 Å². The van der Waals surface area contributed by atoms with Gasteiger partial charge in [-0.1, -0.05) is 28.1 Å². The number of para-hydroxylation sites is 2. The average molecular weight is 388 g/mol. The Bertz CT molecular complexity index is 812. The molecule has 2 atom stereocenters. The number of aromatic amines is 1. The Morgan fingerprint density at radius 1 is 1.17 bits per heavy atom. The molecule has 2 aromatic carbocycles. The van der Waals surface area contributed by atoms with Crippen LogP contribution < -0.4 is 10.1 Å². The van der Waals surface area contributed by atoms with Crippen molar-refractivity contribution in [2.24, 2.45) is 0 Å². The zero-order valence-corrected chi connectivity index (χ0v) is 15.0. The van der Waals surface area contributed by atoms with E-state index in [9.17, 15) is 4.79 Å². The highest BCUT2D eigenvalue weighted by molar-refractivity contribution is 9.10. The molecule has 124 valence electrons. The van der Waals surface area contributed by atoms with Gasteiger partial charge in [0.2, 0.25) is 0 Å². The third kappa shape index (κ3) is 3.76. The van der Waals surface area contributed by atoms with Crippen LogP contribution in [0.15, 0.2) is 53.0 Å². The number of carbonyl (C=O) groups excluding carboxylic acids is 1. The van der Waals surface area contributed by atoms with E-state index < -0.39 is 6.10 Å². The molecule has 0 aliphatic carbocycles. The Hall–Kier alpha value is -2.34. The Balaban J connectivity index is 1.63. The van der Waals surface area contributed by atoms with E-state index in [-0.39, 0.29) is 11.9 Å². The summed E-state index contributed by atoms with van der Waals surface area (Å²) in [7, 11) is 0. The number of ether oxygens (including phenoxy) is 1. The highest BCUT2D eigenvalue weighted by atomic mass is 79.9. The van der Waals surface area contributed by atoms with Gasteiger partial charge in [0.15, 0.2) is 6.10 Å². The van der Waals surface area contributed by atoms with Crippen molar-refractivity contribution in [1.29, 1.82) is 0 Å². The summed E-state index contributed by atoms with van der Waals surface area (Å²) in [4.78, 5) is 20.1. The molecule has 0 aliphatic rings. The summed E-state index contributed by atoms with van der Waals surface area (Å²) in [5, 5.41) is 2.92. The van der Waals surface area contributed by atoms with E-state index >= 15 is 0 Å². The maximum absolute atomic E-state index is 12.3. The molecule has 0 radical (unpaired) electrons. The second kappa shape index (κ2) is 7.05. The van der Waals surface area contributed by atoms with Crippen LogP contribution in [0.4, 0.5) is 0 Å². The zero-order chi connectivity index (χ0) is 17.1. The van der Waals surface area contributed by atoms with E-state index in [0.717, 1.165) is 21.3 Å². The van der Waals surface area contributed by atoms with Crippen LogP contribution in [0.5, 0.6) is 5.75 Å². The van der Waals surface area contributed by atoms with E-state index in [4.69, 9.17) is 4.74 Å². The van der Waals surface area contributed by atoms with Gasteiger partial charge < -0.3 is 15.0 Å². The second-order valence-electron chi connectivity index (χ2n) is 5.58. The van der Waals surface area contributed by atoms with Gasteiger partial charge in [0.1, 0.15) is 11.6 Å². The normalized spacial score (nSPS) is 13.5. The molecule has 2 N–H and O–H groups in total. The Morgan fingerprint density at radius 2 is 1.88 bits per heavy atom. The number of aromatic nitrogens is 2. The second-order valence-corrected chi connectivity index (χ2v) is 6.50. The SMILES string of the molecule is CC(Oc1ccc(Br)cc1)C(=O)NC(C)c1nc2ccccc2[nH]1. The third-order valence-electron chi connectivity index (χ3n) is 3.67. The number of benzene rings is 2. The van der Waals surface area contributed by atoms with Crippen molar-refractivity contribution in [2.45, 2.75) is 26.0 Å². The summed E-state index contributed by atoms with van der Waals surface area (Å²) in [5.74, 6) is 1.18. The minimum atomic E-state index is -0.599. The smallest absolute Gasteiger partial charge is 0.261 e. The maximum Gasteiger partial charge on any atom is 0.261 e. The highest BCUT2D eigenvalue weighted by Crippen LogP contribution is 2.18. The molecule has 0 bridgehead atoms. The number of nitrogens with one attached hydrogen (secondary N) is 2. The van der Waals surface area contributed by atoms with Crippen LogP contribution in [-0.4, -0.2) is 22.0 Å². The molecule has 2 unspecified atom stereocenters. The topological polar surface area (TPSA) is 67.0 Å². The molecule has 1 heterocycles. The lowest BCUT2D eigenvalue weighted by Gasteiger charge is -2.17. The Labute approximate surface area is 148 Å². The summed E-state index contributed by atoms with van der Waals surface area (Å²) < 4.78 is 6.63. The number of carbonyl (C=O) groups is 1. The minimum absolute atomic E-state index is 0.189. The quantitative estimate of drug-likeness (QED) is 0.695. The number of fused-ring (bicyclic) bond motifs is 1. The standard InChI is InChI=1S/C18H18BrN3O2/c1-11(17-21-15-5-3-4-6-16(15)22-17)20-18(23)12(2)24-14-9-7-13(19)8-10-14/h3-12H,1-2H3,(H,20,23)(H,21,22). The number of amides is 1. The predicted molar refractivity (Wildman–Crippen MR) is 96.9 cm³/mol. The van der Waals surface area contributed by atoms with E-state index in [1.165, 1.54) is 0 Å². The molecule has 3 rings (SSSR count). The molecule has 1 amide bonds. The van der Waals surface area contributed by atoms with E-state index in [2.05, 4.69) is 31.2 Å². The lowest BCUT2D eigenvalue weighted by Crippen LogP contribution is -2.38. The van der Waals surface area contributed by atoms with Crippen LogP contribution in [0.2, 0.25) is 0 Å². The molecule has 6 heteroatoms. The Morgan fingerprint density at radius 3 is 2.58 bits per heavy atom. The third-order valence-corrected chi connectivity index (χ3v) is 4.20. The van der Waals surface area contributed by atoms with Gasteiger partial charge in [0.25, 0.3) is 5.91 Å². The molecule has 0 saturated heterocycles. The zero-order valence-electron chi connectivity index (χ0n) is 13.4. The van der Waals surface area contributed by atoms with E-state index in [0.29, 0.717) is 5.75 Å². The van der Waals surface area contributed by atoms with Crippen molar-refractivity contribution in [1.82, 2.24) is 15.3 Å². The molecule has 1 aromatic heterocycles. The molecular formula is C18H18BrN3O2. The molecule has 0 spiro atoms. The van der Waals surface area contributed by atoms with Gasteiger partial charge in [0.05, 0.1) is 17.1 Å². The van der Waals surface area contributed by atoms with E-state index in [1.54, 1.807) is 6.92 Å². The van der Waals surface area contributed by atoms with Gasteiger partial charge in [-0.3, -0.25) is 4.79 Å². The molecule has 0 fully saturated rings. The monoisotopic (exact) mass is 387 g/mol. The lowest BCUT2D eigenvalue weighted by atomic mass is 10.2. The number of H-pyrrole nitrogens is 1. The summed E-state index contributed by atoms with van der Waals surface area (Å²) >= 11 is 3.37. The van der Waals surface area contributed by atoms with Crippen molar-refractivity contribution >= 4 is 32.9 Å². The van der Waals surface area contributed by atoms with Crippen LogP contribution in [0, 0.1) is 0 Å². The summed E-state index contributed by atoms with van der Waals surface area (Å²) in [6, 6.07) is 14.9. The maximum atomic E-state index is 12.3. The van der Waals surface area contributed by atoms with Gasteiger partial charge in [-0.25, -0.2) is 4.98 Å². The molecule has 0 aliphatic heterocycles. The summed E-state index contributed by atoms with van der Waals surface area (Å²) in [5.41, 5.74) is 1.83. The van der Waals surface area contributed by atoms with Crippen molar-refractivity contribution in [3.63, 3.8) is 0 Å². The number of nitrogens with zero attached hydrogens (tertiary/aromatic N) is 1. The van der Waals surface area contributed by atoms with Crippen LogP contribution in [0.1, 0.15) is 25.7 Å². The highest BCUT2D eigenvalue weighted by Gasteiger charge is 2.19. The number of imidazole rings is 1. The van der Waals surface area contributed by atoms with E-state index in [1.807, 2.05) is 55.5 Å². The van der Waals surface area contributed by atoms with Crippen LogP contribution in [0.3, 0.4) is 0 Å². The summed E-state index contributed by atoms with van der Waals surface area (Å²) in [6.07, 6.45) is -0.599. The minimum Gasteiger partial charge on any atom is -0.481 e. The average Bonchev–Trinajstić information content (AvgIpc) is 3.01. The fourth-order valence-corrected chi connectivity index (χ4v) is 2.61. The fourth-order valence-electron chi connectivity index (χ4n) is 2.35.